The molecule has 0 N–H and O–H groups in total. The van der Waals surface area contributed by atoms with E-state index in [9.17, 15) is 13.6 Å². The van der Waals surface area contributed by atoms with E-state index in [-0.39, 0.29) is 5.78 Å². The molecule has 0 radical (unpaired) electrons. The fourth-order valence-corrected chi connectivity index (χ4v) is 3.91. The van der Waals surface area contributed by atoms with Gasteiger partial charge in [-0.3, -0.25) is 4.79 Å². The monoisotopic (exact) mass is 402 g/mol. The molecule has 0 amide bonds. The third kappa shape index (κ3) is 2.80. The molecule has 4 aromatic rings. The van der Waals surface area contributed by atoms with Gasteiger partial charge in [0.25, 0.3) is 0 Å². The van der Waals surface area contributed by atoms with Crippen molar-refractivity contribution in [3.05, 3.63) is 89.5 Å². The van der Waals surface area contributed by atoms with Gasteiger partial charge in [-0.1, -0.05) is 12.1 Å². The van der Waals surface area contributed by atoms with Crippen molar-refractivity contribution in [2.75, 3.05) is 7.11 Å². The third-order valence-electron chi connectivity index (χ3n) is 5.30. The number of hydrogen-bond donors (Lipinski definition) is 0. The minimum Gasteiger partial charge on any atom is -0.495 e. The van der Waals surface area contributed by atoms with E-state index in [2.05, 4.69) is 4.98 Å². The quantitative estimate of drug-likeness (QED) is 0.409. The van der Waals surface area contributed by atoms with Crippen LogP contribution in [0.2, 0.25) is 0 Å². The number of rotatable bonds is 3. The second-order valence-electron chi connectivity index (χ2n) is 7.24. The Kier molecular flexibility index (Phi) is 4.03. The first-order valence-electron chi connectivity index (χ1n) is 9.33. The van der Waals surface area contributed by atoms with Crippen LogP contribution in [0.1, 0.15) is 21.6 Å². The molecule has 0 unspecified atom stereocenters. The van der Waals surface area contributed by atoms with Crippen LogP contribution in [0.3, 0.4) is 0 Å². The molecule has 0 saturated heterocycles. The molecule has 0 bridgehead atoms. The number of aromatic nitrogens is 2. The summed E-state index contributed by atoms with van der Waals surface area (Å²) in [6.45, 7) is 1.89. The highest BCUT2D eigenvalue weighted by Gasteiger charge is 2.29. The Morgan fingerprint density at radius 1 is 0.867 bits per heavy atom. The molecule has 1 aromatic heterocycles. The maximum Gasteiger partial charge on any atom is 0.194 e. The van der Waals surface area contributed by atoms with Crippen LogP contribution in [0.15, 0.2) is 61.1 Å². The molecule has 30 heavy (non-hydrogen) atoms. The topological polar surface area (TPSA) is 44.1 Å². The van der Waals surface area contributed by atoms with E-state index in [0.717, 1.165) is 28.6 Å². The van der Waals surface area contributed by atoms with Gasteiger partial charge in [-0.2, -0.15) is 0 Å². The SMILES string of the molecule is COc1cc2c(cc1-n1cnc(C)c1)-c1ccc(-c3cc(F)cc(F)c3)cc1C2=O. The lowest BCUT2D eigenvalue weighted by Crippen LogP contribution is -2.00. The van der Waals surface area contributed by atoms with Gasteiger partial charge >= 0.3 is 0 Å². The number of ether oxygens (including phenoxy) is 1. The van der Waals surface area contributed by atoms with E-state index < -0.39 is 11.6 Å². The van der Waals surface area contributed by atoms with E-state index in [1.54, 1.807) is 31.6 Å². The number of hydrogen-bond acceptors (Lipinski definition) is 3. The second kappa shape index (κ2) is 6.62. The molecule has 148 valence electrons. The normalized spacial score (nSPS) is 12.1. The molecule has 0 saturated carbocycles. The standard InChI is InChI=1S/C24H16F2N2O2/c1-13-11-28(12-27-13)22-9-19-18-4-3-14(15-5-16(25)8-17(26)6-15)7-20(18)24(29)21(19)10-23(22)30-2/h3-12H,1-2H3. The first-order chi connectivity index (χ1) is 14.4. The summed E-state index contributed by atoms with van der Waals surface area (Å²) < 4.78 is 34.6. The zero-order valence-electron chi connectivity index (χ0n) is 16.2. The van der Waals surface area contributed by atoms with Gasteiger partial charge in [0, 0.05) is 23.4 Å². The number of aryl methyl sites for hydroxylation is 1. The zero-order valence-corrected chi connectivity index (χ0v) is 16.2. The van der Waals surface area contributed by atoms with E-state index in [0.29, 0.717) is 28.0 Å². The predicted molar refractivity (Wildman–Crippen MR) is 109 cm³/mol. The van der Waals surface area contributed by atoms with E-state index >= 15 is 0 Å². The summed E-state index contributed by atoms with van der Waals surface area (Å²) in [4.78, 5) is 17.4. The molecule has 4 nitrogen and oxygen atoms in total. The summed E-state index contributed by atoms with van der Waals surface area (Å²) in [6.07, 6.45) is 3.57. The predicted octanol–water partition coefficient (Wildman–Crippen LogP) is 5.35. The van der Waals surface area contributed by atoms with Gasteiger partial charge in [-0.15, -0.1) is 0 Å². The zero-order chi connectivity index (χ0) is 21.0. The Labute approximate surface area is 171 Å². The van der Waals surface area contributed by atoms with Crippen LogP contribution in [0, 0.1) is 18.6 Å². The molecule has 0 aliphatic heterocycles. The Morgan fingerprint density at radius 2 is 1.60 bits per heavy atom. The van der Waals surface area contributed by atoms with Crippen LogP contribution in [0.4, 0.5) is 8.78 Å². The van der Waals surface area contributed by atoms with Crippen LogP contribution < -0.4 is 4.74 Å². The highest BCUT2D eigenvalue weighted by molar-refractivity contribution is 6.22. The molecule has 0 fully saturated rings. The number of ketones is 1. The Bertz CT molecular complexity index is 1320. The molecule has 6 heteroatoms. The summed E-state index contributed by atoms with van der Waals surface area (Å²) >= 11 is 0. The number of carbonyl (C=O) groups excluding carboxylic acids is 1. The van der Waals surface area contributed by atoms with Crippen molar-refractivity contribution >= 4 is 5.78 Å². The van der Waals surface area contributed by atoms with Gasteiger partial charge in [-0.05, 0) is 59.5 Å². The lowest BCUT2D eigenvalue weighted by molar-refractivity contribution is 0.104. The summed E-state index contributed by atoms with van der Waals surface area (Å²) in [7, 11) is 1.55. The van der Waals surface area contributed by atoms with Crippen molar-refractivity contribution < 1.29 is 18.3 Å². The van der Waals surface area contributed by atoms with Crippen molar-refractivity contribution in [1.29, 1.82) is 0 Å². The lowest BCUT2D eigenvalue weighted by atomic mass is 9.98. The van der Waals surface area contributed by atoms with Crippen molar-refractivity contribution in [2.24, 2.45) is 0 Å². The van der Waals surface area contributed by atoms with Crippen molar-refractivity contribution in [1.82, 2.24) is 9.55 Å². The van der Waals surface area contributed by atoms with Crippen LogP contribution in [0.25, 0.3) is 27.9 Å². The number of benzene rings is 3. The fraction of sp³-hybridized carbons (Fsp3) is 0.0833. The molecule has 1 aliphatic carbocycles. The second-order valence-corrected chi connectivity index (χ2v) is 7.24. The van der Waals surface area contributed by atoms with Crippen LogP contribution in [-0.4, -0.2) is 22.4 Å². The Morgan fingerprint density at radius 3 is 2.27 bits per heavy atom. The minimum atomic E-state index is -0.662. The number of fused-ring (bicyclic) bond motifs is 3. The van der Waals surface area contributed by atoms with Gasteiger partial charge in [0.1, 0.15) is 17.4 Å². The molecule has 0 atom stereocenters. The highest BCUT2D eigenvalue weighted by Crippen LogP contribution is 2.42. The molecular weight excluding hydrogens is 386 g/mol. The number of nitrogens with zero attached hydrogens (tertiary/aromatic N) is 2. The first kappa shape index (κ1) is 18.2. The van der Waals surface area contributed by atoms with E-state index in [1.807, 2.05) is 29.8 Å². The molecule has 3 aromatic carbocycles. The highest BCUT2D eigenvalue weighted by atomic mass is 19.1. The number of halogens is 2. The van der Waals surface area contributed by atoms with Gasteiger partial charge in [0.15, 0.2) is 5.78 Å². The summed E-state index contributed by atoms with van der Waals surface area (Å²) in [5.74, 6) is -0.916. The van der Waals surface area contributed by atoms with Gasteiger partial charge in [0.05, 0.1) is 24.8 Å². The summed E-state index contributed by atoms with van der Waals surface area (Å²) in [5, 5.41) is 0. The van der Waals surface area contributed by atoms with Crippen molar-refractivity contribution in [3.8, 4) is 33.7 Å². The summed E-state index contributed by atoms with van der Waals surface area (Å²) in [5.41, 5.74) is 5.18. The van der Waals surface area contributed by atoms with Crippen molar-refractivity contribution in [2.45, 2.75) is 6.92 Å². The van der Waals surface area contributed by atoms with Crippen LogP contribution in [-0.2, 0) is 0 Å². The molecule has 5 rings (SSSR count). The average Bonchev–Trinajstić information content (AvgIpc) is 3.27. The Balaban J connectivity index is 1.66. The van der Waals surface area contributed by atoms with E-state index in [4.69, 9.17) is 4.74 Å². The molecule has 0 spiro atoms. The maximum absolute atomic E-state index is 13.6. The van der Waals surface area contributed by atoms with Crippen LogP contribution >= 0.6 is 0 Å². The van der Waals surface area contributed by atoms with Crippen molar-refractivity contribution in [3.63, 3.8) is 0 Å². The van der Waals surface area contributed by atoms with E-state index in [1.165, 1.54) is 12.1 Å². The van der Waals surface area contributed by atoms with Gasteiger partial charge in [-0.25, -0.2) is 13.8 Å². The fourth-order valence-electron chi connectivity index (χ4n) is 3.91. The maximum atomic E-state index is 13.6. The summed E-state index contributed by atoms with van der Waals surface area (Å²) in [6, 6.07) is 12.2. The minimum absolute atomic E-state index is 0.148. The van der Waals surface area contributed by atoms with Gasteiger partial charge in [0.2, 0.25) is 0 Å². The number of imidazole rings is 1. The lowest BCUT2D eigenvalue weighted by Gasteiger charge is -2.12. The first-order valence-corrected chi connectivity index (χ1v) is 9.33. The third-order valence-corrected chi connectivity index (χ3v) is 5.30. The largest absolute Gasteiger partial charge is 0.495 e. The molecular formula is C24H16F2N2O2. The van der Waals surface area contributed by atoms with Gasteiger partial charge < -0.3 is 9.30 Å². The van der Waals surface area contributed by atoms with Crippen LogP contribution in [0.5, 0.6) is 5.75 Å². The number of methoxy groups -OCH3 is 1. The number of carbonyl (C=O) groups is 1. The Hall–Kier alpha value is -3.80. The average molecular weight is 402 g/mol. The molecule has 1 aliphatic rings. The smallest absolute Gasteiger partial charge is 0.194 e. The molecule has 1 heterocycles.